The molecule has 0 saturated carbocycles. The Bertz CT molecular complexity index is 1150. The van der Waals surface area contributed by atoms with E-state index in [1.165, 1.54) is 27.6 Å². The maximum Gasteiger partial charge on any atom is 0.254 e. The Kier molecular flexibility index (Phi) is 9.04. The minimum absolute atomic E-state index is 0.0230. The summed E-state index contributed by atoms with van der Waals surface area (Å²) in [4.78, 5) is 43.0. The summed E-state index contributed by atoms with van der Waals surface area (Å²) in [7, 11) is 1.65. The number of aromatic hydroxyl groups is 1. The Morgan fingerprint density at radius 2 is 1.89 bits per heavy atom. The quantitative estimate of drug-likeness (QED) is 0.435. The van der Waals surface area contributed by atoms with Gasteiger partial charge in [-0.2, -0.15) is 0 Å². The largest absolute Gasteiger partial charge is 0.508 e. The molecule has 3 atom stereocenters. The summed E-state index contributed by atoms with van der Waals surface area (Å²) >= 11 is 1.46. The van der Waals surface area contributed by atoms with Crippen molar-refractivity contribution in [3.8, 4) is 5.75 Å². The molecule has 198 valence electrons. The fourth-order valence-corrected chi connectivity index (χ4v) is 5.58. The third kappa shape index (κ3) is 6.34. The molecule has 3 unspecified atom stereocenters. The number of aliphatic hydroxyl groups is 1. The molecule has 1 heterocycles. The van der Waals surface area contributed by atoms with E-state index in [1.54, 1.807) is 32.2 Å². The van der Waals surface area contributed by atoms with Gasteiger partial charge in [-0.1, -0.05) is 42.5 Å². The molecule has 37 heavy (non-hydrogen) atoms. The lowest BCUT2D eigenvalue weighted by Crippen LogP contribution is -2.58. The van der Waals surface area contributed by atoms with Crippen molar-refractivity contribution in [3.05, 3.63) is 77.9 Å². The standard InChI is InChI=1S/C28H35N3O5S/c1-6-15-30(5)27(36)24-28(3,4)37-17-31(24)26(35)23(33)21(16-19-11-8-7-9-12-19)29-25(34)20-13-10-14-22(32)18(20)2/h6-14,21,23-24,32-33H,1,15-17H2,2-5H3,(H,29,34). The molecule has 0 aliphatic carbocycles. The van der Waals surface area contributed by atoms with Crippen LogP contribution in [0.5, 0.6) is 5.75 Å². The number of phenols is 1. The summed E-state index contributed by atoms with van der Waals surface area (Å²) in [6.07, 6.45) is 0.204. The first-order chi connectivity index (χ1) is 17.5. The van der Waals surface area contributed by atoms with Crippen molar-refractivity contribution in [2.45, 2.75) is 50.1 Å². The van der Waals surface area contributed by atoms with E-state index in [4.69, 9.17) is 0 Å². The van der Waals surface area contributed by atoms with Crippen LogP contribution in [0.3, 0.4) is 0 Å². The van der Waals surface area contributed by atoms with E-state index in [9.17, 15) is 24.6 Å². The number of thioether (sulfide) groups is 1. The van der Waals surface area contributed by atoms with Gasteiger partial charge in [0, 0.05) is 29.5 Å². The minimum atomic E-state index is -1.60. The van der Waals surface area contributed by atoms with Gasteiger partial charge in [-0.25, -0.2) is 0 Å². The zero-order chi connectivity index (χ0) is 27.3. The van der Waals surface area contributed by atoms with Crippen LogP contribution in [0.2, 0.25) is 0 Å². The summed E-state index contributed by atoms with van der Waals surface area (Å²) in [5.74, 6) is -1.17. The minimum Gasteiger partial charge on any atom is -0.508 e. The maximum atomic E-state index is 13.7. The first kappa shape index (κ1) is 28.3. The highest BCUT2D eigenvalue weighted by Crippen LogP contribution is 2.40. The number of aliphatic hydroxyl groups excluding tert-OH is 1. The second-order valence-electron chi connectivity index (χ2n) is 9.76. The average molecular weight is 526 g/mol. The summed E-state index contributed by atoms with van der Waals surface area (Å²) in [6.45, 7) is 9.43. The first-order valence-corrected chi connectivity index (χ1v) is 13.1. The third-order valence-corrected chi connectivity index (χ3v) is 8.02. The molecule has 1 saturated heterocycles. The van der Waals surface area contributed by atoms with Crippen LogP contribution in [0.1, 0.15) is 35.3 Å². The van der Waals surface area contributed by atoms with Gasteiger partial charge >= 0.3 is 0 Å². The summed E-state index contributed by atoms with van der Waals surface area (Å²) < 4.78 is -0.571. The first-order valence-electron chi connectivity index (χ1n) is 12.1. The summed E-state index contributed by atoms with van der Waals surface area (Å²) in [5, 5.41) is 24.2. The molecule has 1 fully saturated rings. The molecule has 3 amide bonds. The van der Waals surface area contributed by atoms with E-state index in [1.807, 2.05) is 44.2 Å². The van der Waals surface area contributed by atoms with Crippen molar-refractivity contribution >= 4 is 29.5 Å². The molecule has 9 heteroatoms. The summed E-state index contributed by atoms with van der Waals surface area (Å²) in [5.41, 5.74) is 1.46. The van der Waals surface area contributed by atoms with Crippen molar-refractivity contribution in [3.63, 3.8) is 0 Å². The van der Waals surface area contributed by atoms with Crippen molar-refractivity contribution in [2.24, 2.45) is 0 Å². The number of hydrogen-bond donors (Lipinski definition) is 3. The molecule has 0 spiro atoms. The Morgan fingerprint density at radius 1 is 1.22 bits per heavy atom. The van der Waals surface area contributed by atoms with Crippen LogP contribution in [0.4, 0.5) is 0 Å². The van der Waals surface area contributed by atoms with E-state index >= 15 is 0 Å². The number of hydrogen-bond acceptors (Lipinski definition) is 6. The van der Waals surface area contributed by atoms with Crippen LogP contribution in [-0.2, 0) is 16.0 Å². The van der Waals surface area contributed by atoms with Gasteiger partial charge in [0.25, 0.3) is 11.8 Å². The molecule has 2 aromatic rings. The average Bonchev–Trinajstić information content (AvgIpc) is 3.19. The normalized spacial score (nSPS) is 18.1. The Labute approximate surface area is 222 Å². The number of likely N-dealkylation sites (N-methyl/N-ethyl adjacent to an activating group) is 1. The molecular formula is C28H35N3O5S. The number of carbonyl (C=O) groups is 3. The van der Waals surface area contributed by atoms with Crippen molar-refractivity contribution in [2.75, 3.05) is 19.5 Å². The van der Waals surface area contributed by atoms with Gasteiger partial charge in [0.15, 0.2) is 6.10 Å². The van der Waals surface area contributed by atoms with Gasteiger partial charge in [-0.15, -0.1) is 18.3 Å². The predicted octanol–water partition coefficient (Wildman–Crippen LogP) is 2.73. The van der Waals surface area contributed by atoms with E-state index in [-0.39, 0.29) is 29.5 Å². The van der Waals surface area contributed by atoms with Crippen LogP contribution in [0, 0.1) is 6.92 Å². The molecule has 2 aromatic carbocycles. The molecular weight excluding hydrogens is 490 g/mol. The second kappa shape index (κ2) is 11.8. The van der Waals surface area contributed by atoms with Crippen LogP contribution < -0.4 is 5.32 Å². The van der Waals surface area contributed by atoms with Crippen LogP contribution >= 0.6 is 11.8 Å². The van der Waals surface area contributed by atoms with Gasteiger partial charge in [-0.05, 0) is 44.9 Å². The monoisotopic (exact) mass is 525 g/mol. The van der Waals surface area contributed by atoms with E-state index in [0.29, 0.717) is 12.1 Å². The van der Waals surface area contributed by atoms with E-state index < -0.39 is 34.7 Å². The Balaban J connectivity index is 1.90. The molecule has 1 aliphatic rings. The van der Waals surface area contributed by atoms with Gasteiger partial charge in [0.1, 0.15) is 11.8 Å². The Hall–Kier alpha value is -3.30. The molecule has 0 bridgehead atoms. The van der Waals surface area contributed by atoms with Crippen LogP contribution in [0.15, 0.2) is 61.2 Å². The molecule has 3 rings (SSSR count). The second-order valence-corrected chi connectivity index (χ2v) is 11.4. The number of rotatable bonds is 9. The number of carbonyl (C=O) groups excluding carboxylic acids is 3. The fourth-order valence-electron chi connectivity index (χ4n) is 4.45. The number of phenolic OH excluding ortho intramolecular Hbond substituents is 1. The number of nitrogens with zero attached hydrogens (tertiary/aromatic N) is 2. The fraction of sp³-hybridized carbons (Fsp3) is 0.393. The molecule has 1 aliphatic heterocycles. The number of amides is 3. The summed E-state index contributed by atoms with van der Waals surface area (Å²) in [6, 6.07) is 12.1. The lowest BCUT2D eigenvalue weighted by molar-refractivity contribution is -0.150. The molecule has 8 nitrogen and oxygen atoms in total. The lowest BCUT2D eigenvalue weighted by atomic mass is 9.96. The molecule has 3 N–H and O–H groups in total. The van der Waals surface area contributed by atoms with Crippen molar-refractivity contribution < 1.29 is 24.6 Å². The van der Waals surface area contributed by atoms with Gasteiger partial charge in [-0.3, -0.25) is 14.4 Å². The highest BCUT2D eigenvalue weighted by Gasteiger charge is 2.50. The van der Waals surface area contributed by atoms with E-state index in [2.05, 4.69) is 11.9 Å². The SMILES string of the molecule is C=CCN(C)C(=O)C1N(C(=O)C(O)C(Cc2ccccc2)NC(=O)c2cccc(O)c2C)CSC1(C)C. The third-order valence-electron chi connectivity index (χ3n) is 6.64. The lowest BCUT2D eigenvalue weighted by Gasteiger charge is -2.35. The van der Waals surface area contributed by atoms with Gasteiger partial charge < -0.3 is 25.3 Å². The van der Waals surface area contributed by atoms with Gasteiger partial charge in [0.05, 0.1) is 11.9 Å². The van der Waals surface area contributed by atoms with Crippen LogP contribution in [-0.4, -0.2) is 80.1 Å². The predicted molar refractivity (Wildman–Crippen MR) is 145 cm³/mol. The van der Waals surface area contributed by atoms with Crippen molar-refractivity contribution in [1.82, 2.24) is 15.1 Å². The smallest absolute Gasteiger partial charge is 0.254 e. The number of nitrogens with one attached hydrogen (secondary N) is 1. The molecule has 0 aromatic heterocycles. The topological polar surface area (TPSA) is 110 Å². The Morgan fingerprint density at radius 3 is 2.54 bits per heavy atom. The molecule has 0 radical (unpaired) electrons. The van der Waals surface area contributed by atoms with Crippen molar-refractivity contribution in [1.29, 1.82) is 0 Å². The maximum absolute atomic E-state index is 13.7. The zero-order valence-corrected chi connectivity index (χ0v) is 22.5. The van der Waals surface area contributed by atoms with E-state index in [0.717, 1.165) is 5.56 Å². The van der Waals surface area contributed by atoms with Crippen LogP contribution in [0.25, 0.3) is 0 Å². The highest BCUT2D eigenvalue weighted by atomic mass is 32.2. The zero-order valence-electron chi connectivity index (χ0n) is 21.7. The highest BCUT2D eigenvalue weighted by molar-refractivity contribution is 8.00. The number of benzene rings is 2. The van der Waals surface area contributed by atoms with Gasteiger partial charge in [0.2, 0.25) is 5.91 Å².